The lowest BCUT2D eigenvalue weighted by molar-refractivity contribution is 0.0138. The second kappa shape index (κ2) is 8.08. The minimum Gasteiger partial charge on any atom is -0.360 e. The van der Waals surface area contributed by atoms with E-state index in [-0.39, 0.29) is 17.4 Å². The Morgan fingerprint density at radius 3 is 2.68 bits per heavy atom. The average Bonchev–Trinajstić information content (AvgIpc) is 3.15. The van der Waals surface area contributed by atoms with E-state index in [1.807, 2.05) is 30.3 Å². The number of carbonyl (C=O) groups is 1. The summed E-state index contributed by atoms with van der Waals surface area (Å²) in [6.07, 6.45) is 5.81. The molecule has 2 aromatic rings. The zero-order chi connectivity index (χ0) is 19.6. The fourth-order valence-corrected chi connectivity index (χ4v) is 4.56. The van der Waals surface area contributed by atoms with Gasteiger partial charge in [-0.1, -0.05) is 43.6 Å². The number of amides is 1. The highest BCUT2D eigenvalue weighted by Crippen LogP contribution is 2.47. The Labute approximate surface area is 167 Å². The van der Waals surface area contributed by atoms with Crippen molar-refractivity contribution in [2.75, 3.05) is 13.1 Å². The number of nitrogens with one attached hydrogen (secondary N) is 1. The summed E-state index contributed by atoms with van der Waals surface area (Å²) in [6, 6.07) is 11.8. The zero-order valence-electron chi connectivity index (χ0n) is 17.0. The van der Waals surface area contributed by atoms with Crippen molar-refractivity contribution >= 4 is 5.91 Å². The van der Waals surface area contributed by atoms with E-state index in [1.54, 1.807) is 0 Å². The third-order valence-electron chi connectivity index (χ3n) is 6.70. The van der Waals surface area contributed by atoms with Crippen LogP contribution in [0.15, 0.2) is 40.9 Å². The van der Waals surface area contributed by atoms with Crippen molar-refractivity contribution in [2.24, 2.45) is 11.3 Å². The molecule has 5 heteroatoms. The number of hydrogen-bond donors (Lipinski definition) is 1. The maximum absolute atomic E-state index is 12.5. The Balaban J connectivity index is 1.30. The monoisotopic (exact) mass is 381 g/mol. The van der Waals surface area contributed by atoms with Crippen molar-refractivity contribution in [3.63, 3.8) is 0 Å². The molecule has 2 atom stereocenters. The molecule has 0 radical (unpaired) electrons. The highest BCUT2D eigenvalue weighted by atomic mass is 16.5. The summed E-state index contributed by atoms with van der Waals surface area (Å²) in [6.45, 7) is 7.68. The number of carbonyl (C=O) groups excluding carboxylic acids is 1. The molecule has 0 spiro atoms. The molecule has 1 amide bonds. The van der Waals surface area contributed by atoms with Crippen molar-refractivity contribution in [2.45, 2.75) is 58.5 Å². The van der Waals surface area contributed by atoms with Gasteiger partial charge >= 0.3 is 0 Å². The van der Waals surface area contributed by atoms with E-state index < -0.39 is 0 Å². The quantitative estimate of drug-likeness (QED) is 0.820. The molecule has 1 aromatic carbocycles. The largest absolute Gasteiger partial charge is 0.360 e. The van der Waals surface area contributed by atoms with Crippen LogP contribution < -0.4 is 5.32 Å². The highest BCUT2D eigenvalue weighted by molar-refractivity contribution is 5.94. The van der Waals surface area contributed by atoms with Crippen molar-refractivity contribution in [3.05, 3.63) is 53.4 Å². The van der Waals surface area contributed by atoms with Gasteiger partial charge in [0.05, 0.1) is 12.2 Å². The van der Waals surface area contributed by atoms with E-state index in [0.717, 1.165) is 49.5 Å². The van der Waals surface area contributed by atoms with Crippen LogP contribution in [0.2, 0.25) is 0 Å². The van der Waals surface area contributed by atoms with Gasteiger partial charge in [-0.2, -0.15) is 0 Å². The van der Waals surface area contributed by atoms with Crippen LogP contribution in [0.1, 0.15) is 61.3 Å². The van der Waals surface area contributed by atoms with Gasteiger partial charge in [0.1, 0.15) is 0 Å². The number of piperidine rings is 1. The van der Waals surface area contributed by atoms with E-state index in [2.05, 4.69) is 35.3 Å². The minimum atomic E-state index is 0.0161. The lowest BCUT2D eigenvalue weighted by Gasteiger charge is -2.52. The lowest BCUT2D eigenvalue weighted by atomic mass is 9.57. The zero-order valence-corrected chi connectivity index (χ0v) is 17.0. The molecule has 1 aliphatic carbocycles. The van der Waals surface area contributed by atoms with E-state index >= 15 is 0 Å². The third-order valence-corrected chi connectivity index (χ3v) is 6.70. The fraction of sp³-hybridized carbons (Fsp3) is 0.565. The Bertz CT molecular complexity index is 793. The topological polar surface area (TPSA) is 58.4 Å². The van der Waals surface area contributed by atoms with Crippen LogP contribution in [0.3, 0.4) is 0 Å². The van der Waals surface area contributed by atoms with Crippen LogP contribution in [-0.2, 0) is 13.0 Å². The second-order valence-electron chi connectivity index (χ2n) is 8.97. The van der Waals surface area contributed by atoms with Gasteiger partial charge in [-0.15, -0.1) is 0 Å². The molecule has 1 aromatic heterocycles. The molecule has 150 valence electrons. The standard InChI is InChI=1S/C23H31N3O2/c1-23(2)18(14-21(23)24-22(27)17-9-5-3-6-10-17)13-19-15-20(28-25-19)16-26-11-7-4-8-12-26/h3,5-6,9-10,15,18,21H,4,7-8,11-14,16H2,1-2H3,(H,24,27)/t18-,21+/m1/s1. The molecule has 2 aliphatic rings. The summed E-state index contributed by atoms with van der Waals surface area (Å²) in [5, 5.41) is 7.52. The van der Waals surface area contributed by atoms with Gasteiger partial charge < -0.3 is 9.84 Å². The lowest BCUT2D eigenvalue weighted by Crippen LogP contribution is -2.58. The number of rotatable bonds is 6. The molecule has 28 heavy (non-hydrogen) atoms. The van der Waals surface area contributed by atoms with Gasteiger partial charge in [0.2, 0.25) is 0 Å². The molecule has 2 heterocycles. The Kier molecular flexibility index (Phi) is 5.54. The number of aromatic nitrogens is 1. The molecular formula is C23H31N3O2. The smallest absolute Gasteiger partial charge is 0.251 e. The fourth-order valence-electron chi connectivity index (χ4n) is 4.56. The van der Waals surface area contributed by atoms with Crippen LogP contribution in [-0.4, -0.2) is 35.1 Å². The van der Waals surface area contributed by atoms with E-state index in [0.29, 0.717) is 5.92 Å². The normalized spacial score (nSPS) is 24.5. The van der Waals surface area contributed by atoms with Gasteiger partial charge in [0, 0.05) is 17.7 Å². The Morgan fingerprint density at radius 1 is 1.21 bits per heavy atom. The first kappa shape index (κ1) is 19.2. The molecule has 0 bridgehead atoms. The number of nitrogens with zero attached hydrogens (tertiary/aromatic N) is 2. The first-order chi connectivity index (χ1) is 13.5. The van der Waals surface area contributed by atoms with Crippen LogP contribution >= 0.6 is 0 Å². The summed E-state index contributed by atoms with van der Waals surface area (Å²) in [5.74, 6) is 1.49. The van der Waals surface area contributed by atoms with Gasteiger partial charge in [0.15, 0.2) is 5.76 Å². The number of hydrogen-bond acceptors (Lipinski definition) is 4. The van der Waals surface area contributed by atoms with Crippen LogP contribution in [0.4, 0.5) is 0 Å². The van der Waals surface area contributed by atoms with Crippen LogP contribution in [0.5, 0.6) is 0 Å². The van der Waals surface area contributed by atoms with Crippen LogP contribution in [0, 0.1) is 11.3 Å². The summed E-state index contributed by atoms with van der Waals surface area (Å²) in [5.41, 5.74) is 1.81. The van der Waals surface area contributed by atoms with Crippen molar-refractivity contribution < 1.29 is 9.32 Å². The summed E-state index contributed by atoms with van der Waals surface area (Å²) < 4.78 is 5.59. The molecule has 1 saturated heterocycles. The first-order valence-electron chi connectivity index (χ1n) is 10.5. The second-order valence-corrected chi connectivity index (χ2v) is 8.97. The summed E-state index contributed by atoms with van der Waals surface area (Å²) in [7, 11) is 0. The van der Waals surface area contributed by atoms with Crippen molar-refractivity contribution in [1.29, 1.82) is 0 Å². The molecule has 2 fully saturated rings. The van der Waals surface area contributed by atoms with Crippen LogP contribution in [0.25, 0.3) is 0 Å². The molecule has 0 unspecified atom stereocenters. The minimum absolute atomic E-state index is 0.0161. The van der Waals surface area contributed by atoms with Gasteiger partial charge in [0.25, 0.3) is 5.91 Å². The van der Waals surface area contributed by atoms with Gasteiger partial charge in [-0.25, -0.2) is 0 Å². The highest BCUT2D eigenvalue weighted by Gasteiger charge is 2.48. The van der Waals surface area contributed by atoms with Gasteiger partial charge in [-0.05, 0) is 62.2 Å². The summed E-state index contributed by atoms with van der Waals surface area (Å²) >= 11 is 0. The maximum Gasteiger partial charge on any atom is 0.251 e. The molecule has 1 aliphatic heterocycles. The molecule has 5 nitrogen and oxygen atoms in total. The van der Waals surface area contributed by atoms with E-state index in [1.165, 1.54) is 19.3 Å². The molecular weight excluding hydrogens is 350 g/mol. The predicted octanol–water partition coefficient (Wildman–Crippen LogP) is 4.05. The Hall–Kier alpha value is -2.14. The predicted molar refractivity (Wildman–Crippen MR) is 109 cm³/mol. The number of likely N-dealkylation sites (tertiary alicyclic amines) is 1. The average molecular weight is 382 g/mol. The SMILES string of the molecule is CC1(C)[C@H](Cc2cc(CN3CCCCC3)on2)C[C@@H]1NC(=O)c1ccccc1. The Morgan fingerprint density at radius 2 is 1.96 bits per heavy atom. The van der Waals surface area contributed by atoms with E-state index in [9.17, 15) is 4.79 Å². The third kappa shape index (κ3) is 4.14. The first-order valence-corrected chi connectivity index (χ1v) is 10.5. The van der Waals surface area contributed by atoms with Crippen molar-refractivity contribution in [3.8, 4) is 0 Å². The van der Waals surface area contributed by atoms with Crippen molar-refractivity contribution in [1.82, 2.24) is 15.4 Å². The molecule has 4 rings (SSSR count). The van der Waals surface area contributed by atoms with E-state index in [4.69, 9.17) is 4.52 Å². The molecule has 1 N–H and O–H groups in total. The maximum atomic E-state index is 12.5. The summed E-state index contributed by atoms with van der Waals surface area (Å²) in [4.78, 5) is 14.9. The molecule has 1 saturated carbocycles. The number of benzene rings is 1. The van der Waals surface area contributed by atoms with Gasteiger partial charge in [-0.3, -0.25) is 9.69 Å².